The van der Waals surface area contributed by atoms with Crippen molar-refractivity contribution >= 4 is 50.3 Å². The average Bonchev–Trinajstić information content (AvgIpc) is 2.92. The standard InChI is InChI=1S/C17H14BrNO2S.C2H6/c1-10(20)16-11(2)21-17-14(16)8-12(9-15(17)18)19-22-13-6-4-3-5-7-13;1-2/h3-9,19H,1-2H3;1-2H3. The summed E-state index contributed by atoms with van der Waals surface area (Å²) >= 11 is 5.04. The summed E-state index contributed by atoms with van der Waals surface area (Å²) in [6, 6.07) is 13.9. The Morgan fingerprint density at radius 2 is 1.83 bits per heavy atom. The number of anilines is 1. The summed E-state index contributed by atoms with van der Waals surface area (Å²) in [5, 5.41) is 0.829. The number of ketones is 1. The number of carbonyl (C=O) groups excluding carboxylic acids is 1. The fraction of sp³-hybridized carbons (Fsp3) is 0.211. The van der Waals surface area contributed by atoms with E-state index in [1.165, 1.54) is 11.9 Å². The highest BCUT2D eigenvalue weighted by atomic mass is 79.9. The summed E-state index contributed by atoms with van der Waals surface area (Å²) in [6.45, 7) is 7.37. The normalized spacial score (nSPS) is 10.2. The smallest absolute Gasteiger partial charge is 0.163 e. The monoisotopic (exact) mass is 405 g/mol. The van der Waals surface area contributed by atoms with Crippen LogP contribution in [0.3, 0.4) is 0 Å². The molecule has 1 heterocycles. The number of hydrogen-bond acceptors (Lipinski definition) is 4. The second-order valence-corrected chi connectivity index (χ2v) is 6.68. The summed E-state index contributed by atoms with van der Waals surface area (Å²) < 4.78 is 9.84. The maximum atomic E-state index is 11.8. The molecule has 3 rings (SSSR count). The van der Waals surface area contributed by atoms with Crippen LogP contribution >= 0.6 is 27.9 Å². The summed E-state index contributed by atoms with van der Waals surface area (Å²) in [5.74, 6) is 0.659. The van der Waals surface area contributed by atoms with E-state index in [9.17, 15) is 4.79 Å². The van der Waals surface area contributed by atoms with E-state index in [1.54, 1.807) is 6.92 Å². The van der Waals surface area contributed by atoms with Gasteiger partial charge in [-0.2, -0.15) is 0 Å². The van der Waals surface area contributed by atoms with E-state index in [2.05, 4.69) is 20.7 Å². The van der Waals surface area contributed by atoms with Gasteiger partial charge in [0, 0.05) is 16.0 Å². The molecule has 0 fully saturated rings. The number of furan rings is 1. The lowest BCUT2D eigenvalue weighted by Crippen LogP contribution is -1.93. The lowest BCUT2D eigenvalue weighted by atomic mass is 10.1. The van der Waals surface area contributed by atoms with Gasteiger partial charge in [0.1, 0.15) is 11.3 Å². The van der Waals surface area contributed by atoms with Gasteiger partial charge in [-0.1, -0.05) is 32.0 Å². The van der Waals surface area contributed by atoms with E-state index >= 15 is 0 Å². The van der Waals surface area contributed by atoms with Crippen molar-refractivity contribution in [2.75, 3.05) is 4.72 Å². The molecule has 0 saturated carbocycles. The molecule has 0 radical (unpaired) electrons. The zero-order valence-corrected chi connectivity index (χ0v) is 16.5. The molecule has 24 heavy (non-hydrogen) atoms. The minimum Gasteiger partial charge on any atom is -0.459 e. The predicted octanol–water partition coefficient (Wildman–Crippen LogP) is 6.85. The van der Waals surface area contributed by atoms with Gasteiger partial charge in [0.2, 0.25) is 0 Å². The van der Waals surface area contributed by atoms with E-state index < -0.39 is 0 Å². The highest BCUT2D eigenvalue weighted by Gasteiger charge is 2.17. The van der Waals surface area contributed by atoms with Crippen molar-refractivity contribution in [2.24, 2.45) is 0 Å². The molecule has 0 aliphatic carbocycles. The van der Waals surface area contributed by atoms with Gasteiger partial charge in [0.05, 0.1) is 10.0 Å². The lowest BCUT2D eigenvalue weighted by molar-refractivity contribution is 0.101. The zero-order valence-electron chi connectivity index (χ0n) is 14.1. The minimum absolute atomic E-state index is 0.0102. The van der Waals surface area contributed by atoms with Crippen LogP contribution in [0.5, 0.6) is 0 Å². The number of rotatable bonds is 4. The Morgan fingerprint density at radius 3 is 2.46 bits per heavy atom. The molecule has 0 aliphatic rings. The van der Waals surface area contributed by atoms with Crippen molar-refractivity contribution in [3.05, 3.63) is 58.3 Å². The number of carbonyl (C=O) groups is 1. The summed E-state index contributed by atoms with van der Waals surface area (Å²) in [5.41, 5.74) is 2.26. The van der Waals surface area contributed by atoms with Crippen LogP contribution in [0.4, 0.5) is 5.69 Å². The first-order chi connectivity index (χ1) is 11.6. The van der Waals surface area contributed by atoms with E-state index in [4.69, 9.17) is 4.42 Å². The number of aryl methyl sites for hydroxylation is 1. The Bertz CT molecular complexity index is 843. The molecule has 0 atom stereocenters. The number of benzene rings is 2. The van der Waals surface area contributed by atoms with E-state index in [1.807, 2.05) is 63.2 Å². The van der Waals surface area contributed by atoms with Crippen LogP contribution in [-0.2, 0) is 0 Å². The topological polar surface area (TPSA) is 42.2 Å². The fourth-order valence-electron chi connectivity index (χ4n) is 2.38. The van der Waals surface area contributed by atoms with Crippen molar-refractivity contribution in [3.63, 3.8) is 0 Å². The Kier molecular flexibility index (Phi) is 6.52. The van der Waals surface area contributed by atoms with Crippen LogP contribution in [-0.4, -0.2) is 5.78 Å². The number of fused-ring (bicyclic) bond motifs is 1. The van der Waals surface area contributed by atoms with Crippen molar-refractivity contribution in [1.82, 2.24) is 0 Å². The third-order valence-electron chi connectivity index (χ3n) is 3.30. The molecule has 0 unspecified atom stereocenters. The van der Waals surface area contributed by atoms with Crippen LogP contribution in [0.1, 0.15) is 36.9 Å². The number of hydrogen-bond donors (Lipinski definition) is 1. The van der Waals surface area contributed by atoms with Crippen LogP contribution in [0.25, 0.3) is 11.0 Å². The zero-order chi connectivity index (χ0) is 17.7. The van der Waals surface area contributed by atoms with E-state index in [0.29, 0.717) is 16.9 Å². The highest BCUT2D eigenvalue weighted by Crippen LogP contribution is 2.35. The largest absolute Gasteiger partial charge is 0.459 e. The molecule has 3 nitrogen and oxygen atoms in total. The third-order valence-corrected chi connectivity index (χ3v) is 4.74. The maximum absolute atomic E-state index is 11.8. The molecule has 0 bridgehead atoms. The molecule has 0 amide bonds. The SMILES string of the molecule is CC.CC(=O)c1c(C)oc2c(Br)cc(NSc3ccccc3)cc12. The van der Waals surface area contributed by atoms with Gasteiger partial charge in [-0.15, -0.1) is 0 Å². The molecule has 1 aromatic heterocycles. The van der Waals surface area contributed by atoms with Gasteiger partial charge in [-0.05, 0) is 66.0 Å². The van der Waals surface area contributed by atoms with Gasteiger partial charge in [0.25, 0.3) is 0 Å². The summed E-state index contributed by atoms with van der Waals surface area (Å²) in [4.78, 5) is 13.0. The Hall–Kier alpha value is -1.72. The van der Waals surface area contributed by atoms with Crippen LogP contribution in [0.2, 0.25) is 0 Å². The quantitative estimate of drug-likeness (QED) is 0.380. The van der Waals surface area contributed by atoms with Gasteiger partial charge in [-0.25, -0.2) is 0 Å². The number of halogens is 1. The fourth-order valence-corrected chi connectivity index (χ4v) is 3.57. The molecule has 0 aliphatic heterocycles. The summed E-state index contributed by atoms with van der Waals surface area (Å²) in [6.07, 6.45) is 0. The highest BCUT2D eigenvalue weighted by molar-refractivity contribution is 9.10. The van der Waals surface area contributed by atoms with E-state index in [-0.39, 0.29) is 5.78 Å². The van der Waals surface area contributed by atoms with Gasteiger partial charge < -0.3 is 9.14 Å². The average molecular weight is 406 g/mol. The first kappa shape index (κ1) is 18.6. The Labute approximate surface area is 155 Å². The van der Waals surface area contributed by atoms with Gasteiger partial charge in [-0.3, -0.25) is 4.79 Å². The van der Waals surface area contributed by atoms with E-state index in [0.717, 1.165) is 20.4 Å². The van der Waals surface area contributed by atoms with Gasteiger partial charge >= 0.3 is 0 Å². The van der Waals surface area contributed by atoms with Crippen molar-refractivity contribution in [2.45, 2.75) is 32.6 Å². The van der Waals surface area contributed by atoms with Crippen LogP contribution < -0.4 is 4.72 Å². The van der Waals surface area contributed by atoms with Gasteiger partial charge in [0.15, 0.2) is 5.78 Å². The maximum Gasteiger partial charge on any atom is 0.163 e. The molecule has 0 saturated heterocycles. The second kappa shape index (κ2) is 8.40. The molecular weight excluding hydrogens is 386 g/mol. The first-order valence-corrected chi connectivity index (χ1v) is 9.38. The third kappa shape index (κ3) is 4.02. The Morgan fingerprint density at radius 1 is 1.17 bits per heavy atom. The van der Waals surface area contributed by atoms with Crippen molar-refractivity contribution in [1.29, 1.82) is 0 Å². The molecular formula is C19H20BrNO2S. The molecule has 0 spiro atoms. The number of nitrogens with one attached hydrogen (secondary N) is 1. The van der Waals surface area contributed by atoms with Crippen molar-refractivity contribution in [3.8, 4) is 0 Å². The van der Waals surface area contributed by atoms with Crippen LogP contribution in [0, 0.1) is 6.92 Å². The van der Waals surface area contributed by atoms with Crippen molar-refractivity contribution < 1.29 is 9.21 Å². The lowest BCUT2D eigenvalue weighted by Gasteiger charge is -2.06. The minimum atomic E-state index is 0.0102. The predicted molar refractivity (Wildman–Crippen MR) is 106 cm³/mol. The first-order valence-electron chi connectivity index (χ1n) is 7.77. The second-order valence-electron chi connectivity index (χ2n) is 4.94. The molecule has 126 valence electrons. The summed E-state index contributed by atoms with van der Waals surface area (Å²) in [7, 11) is 0. The number of Topliss-reactive ketones (excluding diaryl/α,β-unsaturated/α-hetero) is 1. The molecule has 2 aromatic carbocycles. The molecule has 3 aromatic rings. The Balaban J connectivity index is 0.00000100. The molecule has 1 N–H and O–H groups in total. The molecule has 5 heteroatoms. The van der Waals surface area contributed by atoms with Crippen LogP contribution in [0.15, 0.2) is 56.2 Å².